The van der Waals surface area contributed by atoms with Crippen molar-refractivity contribution in [2.24, 2.45) is 5.10 Å². The van der Waals surface area contributed by atoms with Gasteiger partial charge in [0.05, 0.1) is 17.5 Å². The van der Waals surface area contributed by atoms with Crippen LogP contribution in [0.2, 0.25) is 0 Å². The van der Waals surface area contributed by atoms with Gasteiger partial charge in [-0.15, -0.1) is 10.2 Å². The molecule has 0 aliphatic rings. The largest absolute Gasteiger partial charge is 0.423 e. The second kappa shape index (κ2) is 8.02. The first-order valence-corrected chi connectivity index (χ1v) is 8.82. The van der Waals surface area contributed by atoms with Crippen molar-refractivity contribution in [1.82, 2.24) is 10.2 Å². The third kappa shape index (κ3) is 4.03. The van der Waals surface area contributed by atoms with Crippen LogP contribution < -0.4 is 5.43 Å². The molecule has 29 heavy (non-hydrogen) atoms. The molecule has 3 aromatic carbocycles. The maximum atomic E-state index is 13.6. The normalized spacial score (nSPS) is 11.1. The number of rotatable bonds is 5. The maximum Gasteiger partial charge on any atom is 0.247 e. The van der Waals surface area contributed by atoms with Gasteiger partial charge in [0.1, 0.15) is 11.6 Å². The fraction of sp³-hybridized carbons (Fsp3) is 0.0455. The van der Waals surface area contributed by atoms with Crippen molar-refractivity contribution in [2.45, 2.75) is 6.92 Å². The topological polar surface area (TPSA) is 63.3 Å². The Bertz CT molecular complexity index is 1140. The third-order valence-electron chi connectivity index (χ3n) is 4.43. The van der Waals surface area contributed by atoms with Gasteiger partial charge in [-0.1, -0.05) is 24.3 Å². The Kier molecular flexibility index (Phi) is 5.11. The SMILES string of the molecule is Cc1ccc(-c2nnco2)cc1-c1ccc(NN=Cc2c(F)cccc2F)cc1. The number of benzene rings is 3. The highest BCUT2D eigenvalue weighted by molar-refractivity contribution is 5.81. The molecule has 0 saturated heterocycles. The maximum absolute atomic E-state index is 13.6. The van der Waals surface area contributed by atoms with E-state index in [4.69, 9.17) is 4.42 Å². The average molecular weight is 390 g/mol. The molecule has 4 aromatic rings. The number of hydrazone groups is 1. The molecule has 0 unspecified atom stereocenters. The number of hydrogen-bond donors (Lipinski definition) is 1. The molecule has 0 saturated carbocycles. The number of aromatic nitrogens is 2. The van der Waals surface area contributed by atoms with E-state index >= 15 is 0 Å². The minimum absolute atomic E-state index is 0.190. The molecule has 4 rings (SSSR count). The highest BCUT2D eigenvalue weighted by Crippen LogP contribution is 2.29. The molecule has 0 amide bonds. The smallest absolute Gasteiger partial charge is 0.247 e. The van der Waals surface area contributed by atoms with Gasteiger partial charge in [0.2, 0.25) is 12.3 Å². The van der Waals surface area contributed by atoms with E-state index in [0.29, 0.717) is 11.6 Å². The summed E-state index contributed by atoms with van der Waals surface area (Å²) < 4.78 is 32.5. The van der Waals surface area contributed by atoms with Crippen LogP contribution in [0, 0.1) is 18.6 Å². The van der Waals surface area contributed by atoms with Gasteiger partial charge in [-0.05, 0) is 60.0 Å². The van der Waals surface area contributed by atoms with Crippen molar-refractivity contribution in [3.8, 4) is 22.6 Å². The van der Waals surface area contributed by atoms with Crippen LogP contribution in [0.4, 0.5) is 14.5 Å². The molecule has 0 spiro atoms. The summed E-state index contributed by atoms with van der Waals surface area (Å²) in [6, 6.07) is 17.1. The molecular weight excluding hydrogens is 374 g/mol. The third-order valence-corrected chi connectivity index (χ3v) is 4.43. The lowest BCUT2D eigenvalue weighted by Crippen LogP contribution is -1.96. The van der Waals surface area contributed by atoms with Gasteiger partial charge in [-0.25, -0.2) is 8.78 Å². The van der Waals surface area contributed by atoms with Crippen molar-refractivity contribution in [1.29, 1.82) is 0 Å². The van der Waals surface area contributed by atoms with Gasteiger partial charge in [0.15, 0.2) is 0 Å². The zero-order valence-corrected chi connectivity index (χ0v) is 15.4. The quantitative estimate of drug-likeness (QED) is 0.364. The van der Waals surface area contributed by atoms with Crippen molar-refractivity contribution in [2.75, 3.05) is 5.43 Å². The Morgan fingerprint density at radius 3 is 2.38 bits per heavy atom. The van der Waals surface area contributed by atoms with Gasteiger partial charge >= 0.3 is 0 Å². The van der Waals surface area contributed by atoms with Gasteiger partial charge in [-0.3, -0.25) is 5.43 Å². The van der Waals surface area contributed by atoms with Crippen LogP contribution >= 0.6 is 0 Å². The van der Waals surface area contributed by atoms with E-state index in [1.165, 1.54) is 24.6 Å². The zero-order chi connectivity index (χ0) is 20.2. The summed E-state index contributed by atoms with van der Waals surface area (Å²) in [4.78, 5) is 0. The minimum atomic E-state index is -0.664. The van der Waals surface area contributed by atoms with Crippen LogP contribution in [0.1, 0.15) is 11.1 Å². The van der Waals surface area contributed by atoms with Crippen LogP contribution in [0.5, 0.6) is 0 Å². The van der Waals surface area contributed by atoms with Crippen LogP contribution in [0.15, 0.2) is 76.6 Å². The summed E-state index contributed by atoms with van der Waals surface area (Å²) in [6.45, 7) is 2.02. The summed E-state index contributed by atoms with van der Waals surface area (Å²) in [5.41, 5.74) is 7.24. The molecule has 0 atom stereocenters. The van der Waals surface area contributed by atoms with E-state index in [0.717, 1.165) is 28.5 Å². The van der Waals surface area contributed by atoms with E-state index in [1.807, 2.05) is 49.4 Å². The zero-order valence-electron chi connectivity index (χ0n) is 15.4. The lowest BCUT2D eigenvalue weighted by atomic mass is 9.98. The molecule has 7 heteroatoms. The lowest BCUT2D eigenvalue weighted by Gasteiger charge is -2.09. The van der Waals surface area contributed by atoms with Crippen LogP contribution in [0.25, 0.3) is 22.6 Å². The second-order valence-electron chi connectivity index (χ2n) is 6.36. The van der Waals surface area contributed by atoms with Gasteiger partial charge < -0.3 is 4.42 Å². The number of anilines is 1. The van der Waals surface area contributed by atoms with E-state index in [2.05, 4.69) is 20.7 Å². The highest BCUT2D eigenvalue weighted by Gasteiger charge is 2.09. The average Bonchev–Trinajstić information content (AvgIpc) is 3.26. The molecule has 1 N–H and O–H groups in total. The molecule has 0 aliphatic heterocycles. The van der Waals surface area contributed by atoms with E-state index in [1.54, 1.807) is 0 Å². The number of nitrogens with zero attached hydrogens (tertiary/aromatic N) is 3. The van der Waals surface area contributed by atoms with Crippen LogP contribution in [-0.2, 0) is 0 Å². The molecular formula is C22H16F2N4O. The molecule has 0 radical (unpaired) electrons. The van der Waals surface area contributed by atoms with Gasteiger partial charge in [0.25, 0.3) is 0 Å². The van der Waals surface area contributed by atoms with Crippen molar-refractivity contribution < 1.29 is 13.2 Å². The van der Waals surface area contributed by atoms with E-state index in [-0.39, 0.29) is 5.56 Å². The molecule has 1 heterocycles. The summed E-state index contributed by atoms with van der Waals surface area (Å²) >= 11 is 0. The Hall–Kier alpha value is -3.87. The van der Waals surface area contributed by atoms with E-state index < -0.39 is 11.6 Å². The van der Waals surface area contributed by atoms with E-state index in [9.17, 15) is 8.78 Å². The summed E-state index contributed by atoms with van der Waals surface area (Å²) in [5.74, 6) is -0.871. The van der Waals surface area contributed by atoms with Crippen molar-refractivity contribution in [3.05, 3.63) is 89.8 Å². The predicted octanol–water partition coefficient (Wildman–Crippen LogP) is 5.44. The van der Waals surface area contributed by atoms with Crippen molar-refractivity contribution in [3.63, 3.8) is 0 Å². The molecule has 0 bridgehead atoms. The summed E-state index contributed by atoms with van der Waals surface area (Å²) in [5, 5.41) is 11.6. The Morgan fingerprint density at radius 2 is 1.69 bits per heavy atom. The predicted molar refractivity (Wildman–Crippen MR) is 107 cm³/mol. The number of hydrogen-bond acceptors (Lipinski definition) is 5. The minimum Gasteiger partial charge on any atom is -0.423 e. The number of aryl methyl sites for hydroxylation is 1. The molecule has 0 aliphatic carbocycles. The first-order valence-electron chi connectivity index (χ1n) is 8.82. The second-order valence-corrected chi connectivity index (χ2v) is 6.36. The Morgan fingerprint density at radius 1 is 0.966 bits per heavy atom. The van der Waals surface area contributed by atoms with Gasteiger partial charge in [-0.2, -0.15) is 5.10 Å². The van der Waals surface area contributed by atoms with Crippen LogP contribution in [0.3, 0.4) is 0 Å². The lowest BCUT2D eigenvalue weighted by molar-refractivity contribution is 0.568. The molecule has 144 valence electrons. The first kappa shape index (κ1) is 18.5. The monoisotopic (exact) mass is 390 g/mol. The highest BCUT2D eigenvalue weighted by atomic mass is 19.1. The molecule has 1 aromatic heterocycles. The molecule has 5 nitrogen and oxygen atoms in total. The standard InChI is InChI=1S/C22H16F2N4O/c1-14-5-6-16(22-28-26-13-29-22)11-18(14)15-7-9-17(10-8-15)27-25-12-19-20(23)3-2-4-21(19)24/h2-13,27H,1H3. The molecule has 0 fully saturated rings. The van der Waals surface area contributed by atoms with Gasteiger partial charge in [0, 0.05) is 5.56 Å². The first-order chi connectivity index (χ1) is 14.1. The van der Waals surface area contributed by atoms with Crippen LogP contribution in [-0.4, -0.2) is 16.4 Å². The fourth-order valence-corrected chi connectivity index (χ4v) is 2.89. The Labute approximate surface area is 165 Å². The number of nitrogens with one attached hydrogen (secondary N) is 1. The summed E-state index contributed by atoms with van der Waals surface area (Å²) in [6.07, 6.45) is 2.42. The summed E-state index contributed by atoms with van der Waals surface area (Å²) in [7, 11) is 0. The fourth-order valence-electron chi connectivity index (χ4n) is 2.89. The van der Waals surface area contributed by atoms with Crippen molar-refractivity contribution >= 4 is 11.9 Å². The Balaban J connectivity index is 1.53. The number of halogens is 2.